The first kappa shape index (κ1) is 25.5. The molecule has 2 rings (SSSR count). The molecule has 0 saturated carbocycles. The molecule has 176 valence electrons. The highest BCUT2D eigenvalue weighted by Crippen LogP contribution is 2.28. The number of carbonyl (C=O) groups is 3. The van der Waals surface area contributed by atoms with E-state index >= 15 is 0 Å². The number of rotatable bonds is 11. The van der Waals surface area contributed by atoms with Crippen LogP contribution in [0.15, 0.2) is 48.5 Å². The topological polar surface area (TPSA) is 94.2 Å². The highest BCUT2D eigenvalue weighted by atomic mass is 16.6. The summed E-state index contributed by atoms with van der Waals surface area (Å²) < 4.78 is 15.7. The van der Waals surface area contributed by atoms with Crippen molar-refractivity contribution in [3.63, 3.8) is 0 Å². The molecule has 0 aromatic heterocycles. The van der Waals surface area contributed by atoms with E-state index in [1.807, 2.05) is 39.0 Å². The van der Waals surface area contributed by atoms with Crippen molar-refractivity contribution in [2.75, 3.05) is 38.7 Å². The van der Waals surface area contributed by atoms with Gasteiger partial charge in [-0.3, -0.25) is 9.59 Å². The van der Waals surface area contributed by atoms with Crippen LogP contribution >= 0.6 is 0 Å². The largest absolute Gasteiger partial charge is 0.493 e. The van der Waals surface area contributed by atoms with Crippen LogP contribution in [0.25, 0.3) is 6.08 Å². The molecule has 0 aliphatic heterocycles. The number of allylic oxidation sites excluding steroid dienone is 1. The third-order valence-electron chi connectivity index (χ3n) is 4.72. The van der Waals surface area contributed by atoms with E-state index in [1.54, 1.807) is 41.3 Å². The van der Waals surface area contributed by atoms with E-state index in [1.165, 1.54) is 7.11 Å². The van der Waals surface area contributed by atoms with Gasteiger partial charge in [-0.1, -0.05) is 18.2 Å². The molecule has 0 heterocycles. The molecule has 0 saturated heterocycles. The molecule has 0 bridgehead atoms. The number of benzene rings is 2. The highest BCUT2D eigenvalue weighted by molar-refractivity contribution is 5.96. The predicted molar refractivity (Wildman–Crippen MR) is 126 cm³/mol. The lowest BCUT2D eigenvalue weighted by Gasteiger charge is -2.18. The lowest BCUT2D eigenvalue weighted by Crippen LogP contribution is -2.30. The van der Waals surface area contributed by atoms with E-state index in [-0.39, 0.29) is 12.5 Å². The maximum absolute atomic E-state index is 12.3. The van der Waals surface area contributed by atoms with Crippen LogP contribution in [0.5, 0.6) is 11.5 Å². The van der Waals surface area contributed by atoms with Crippen LogP contribution in [0, 0.1) is 0 Å². The number of nitrogens with one attached hydrogen (secondary N) is 1. The van der Waals surface area contributed by atoms with E-state index < -0.39 is 18.5 Å². The Labute approximate surface area is 194 Å². The zero-order chi connectivity index (χ0) is 24.2. The van der Waals surface area contributed by atoms with Gasteiger partial charge >= 0.3 is 5.97 Å². The first-order valence-corrected chi connectivity index (χ1v) is 10.7. The van der Waals surface area contributed by atoms with Crippen molar-refractivity contribution in [1.29, 1.82) is 0 Å². The van der Waals surface area contributed by atoms with Crippen LogP contribution in [0.4, 0.5) is 5.69 Å². The van der Waals surface area contributed by atoms with E-state index in [0.29, 0.717) is 35.8 Å². The fraction of sp³-hybridized carbons (Fsp3) is 0.320. The Morgan fingerprint density at radius 2 is 1.67 bits per heavy atom. The van der Waals surface area contributed by atoms with Crippen LogP contribution in [0.2, 0.25) is 0 Å². The Morgan fingerprint density at radius 1 is 0.970 bits per heavy atom. The van der Waals surface area contributed by atoms with E-state index in [4.69, 9.17) is 14.2 Å². The molecule has 1 N–H and O–H groups in total. The van der Waals surface area contributed by atoms with Crippen LogP contribution in [-0.2, 0) is 14.3 Å². The molecule has 8 heteroatoms. The second kappa shape index (κ2) is 12.9. The van der Waals surface area contributed by atoms with Gasteiger partial charge in [-0.25, -0.2) is 4.79 Å². The second-order valence-corrected chi connectivity index (χ2v) is 6.96. The second-order valence-electron chi connectivity index (χ2n) is 6.96. The van der Waals surface area contributed by atoms with Crippen molar-refractivity contribution >= 4 is 29.5 Å². The predicted octanol–water partition coefficient (Wildman–Crippen LogP) is 3.77. The average molecular weight is 455 g/mol. The van der Waals surface area contributed by atoms with Gasteiger partial charge in [0.25, 0.3) is 11.8 Å². The van der Waals surface area contributed by atoms with Crippen LogP contribution < -0.4 is 14.8 Å². The minimum atomic E-state index is -0.690. The molecule has 2 aromatic carbocycles. The number of esters is 1. The lowest BCUT2D eigenvalue weighted by atomic mass is 10.2. The molecular weight excluding hydrogens is 424 g/mol. The first-order chi connectivity index (χ1) is 15.9. The van der Waals surface area contributed by atoms with Crippen molar-refractivity contribution in [3.8, 4) is 11.5 Å². The third-order valence-corrected chi connectivity index (χ3v) is 4.72. The smallest absolute Gasteiger partial charge is 0.344 e. The number of hydrogen-bond donors (Lipinski definition) is 1. The maximum atomic E-state index is 12.3. The Hall–Kier alpha value is -3.81. The Kier molecular flexibility index (Phi) is 9.95. The van der Waals surface area contributed by atoms with Gasteiger partial charge in [0, 0.05) is 24.3 Å². The molecule has 0 radical (unpaired) electrons. The molecule has 2 amide bonds. The number of methoxy groups -OCH3 is 1. The summed E-state index contributed by atoms with van der Waals surface area (Å²) in [5.74, 6) is -0.380. The quantitative estimate of drug-likeness (QED) is 0.520. The average Bonchev–Trinajstić information content (AvgIpc) is 2.83. The highest BCUT2D eigenvalue weighted by Gasteiger charge is 2.14. The van der Waals surface area contributed by atoms with Gasteiger partial charge in [0.15, 0.2) is 24.7 Å². The van der Waals surface area contributed by atoms with Gasteiger partial charge in [0.1, 0.15) is 0 Å². The molecule has 33 heavy (non-hydrogen) atoms. The molecule has 2 aromatic rings. The van der Waals surface area contributed by atoms with Crippen LogP contribution in [0.3, 0.4) is 0 Å². The van der Waals surface area contributed by atoms with Gasteiger partial charge in [0.2, 0.25) is 0 Å². The lowest BCUT2D eigenvalue weighted by molar-refractivity contribution is -0.149. The molecule has 0 aliphatic rings. The monoisotopic (exact) mass is 454 g/mol. The zero-order valence-electron chi connectivity index (χ0n) is 19.4. The number of ether oxygens (including phenoxy) is 3. The van der Waals surface area contributed by atoms with Crippen LogP contribution in [-0.4, -0.2) is 56.1 Å². The number of anilines is 1. The maximum Gasteiger partial charge on any atom is 0.344 e. The summed E-state index contributed by atoms with van der Waals surface area (Å²) in [6.07, 6.45) is 3.81. The Morgan fingerprint density at radius 3 is 2.27 bits per heavy atom. The Bertz CT molecular complexity index is 981. The molecule has 8 nitrogen and oxygen atoms in total. The van der Waals surface area contributed by atoms with E-state index in [9.17, 15) is 14.4 Å². The summed E-state index contributed by atoms with van der Waals surface area (Å²) >= 11 is 0. The van der Waals surface area contributed by atoms with Crippen molar-refractivity contribution in [1.82, 2.24) is 4.90 Å². The summed E-state index contributed by atoms with van der Waals surface area (Å²) in [5, 5.41) is 2.62. The minimum Gasteiger partial charge on any atom is -0.493 e. The van der Waals surface area contributed by atoms with E-state index in [0.717, 1.165) is 5.56 Å². The van der Waals surface area contributed by atoms with Crippen molar-refractivity contribution in [2.24, 2.45) is 0 Å². The summed E-state index contributed by atoms with van der Waals surface area (Å²) in [4.78, 5) is 38.1. The van der Waals surface area contributed by atoms with Crippen molar-refractivity contribution in [3.05, 3.63) is 59.7 Å². The fourth-order valence-corrected chi connectivity index (χ4v) is 3.01. The fourth-order valence-electron chi connectivity index (χ4n) is 3.01. The Balaban J connectivity index is 1.81. The normalized spacial score (nSPS) is 10.5. The summed E-state index contributed by atoms with van der Waals surface area (Å²) in [6, 6.07) is 11.9. The van der Waals surface area contributed by atoms with Crippen LogP contribution in [0.1, 0.15) is 36.7 Å². The summed E-state index contributed by atoms with van der Waals surface area (Å²) in [6.45, 7) is 6.16. The molecule has 0 fully saturated rings. The molecule has 0 unspecified atom stereocenters. The molecule has 0 atom stereocenters. The minimum absolute atomic E-state index is 0.0695. The van der Waals surface area contributed by atoms with E-state index in [2.05, 4.69) is 5.32 Å². The van der Waals surface area contributed by atoms with Gasteiger partial charge in [0.05, 0.1) is 7.11 Å². The number of hydrogen-bond acceptors (Lipinski definition) is 6. The zero-order valence-corrected chi connectivity index (χ0v) is 19.4. The van der Waals surface area contributed by atoms with Gasteiger partial charge in [-0.05, 0) is 62.7 Å². The molecule has 0 aliphatic carbocycles. The number of amides is 2. The van der Waals surface area contributed by atoms with Gasteiger partial charge in [-0.15, -0.1) is 0 Å². The summed E-state index contributed by atoms with van der Waals surface area (Å²) in [5.41, 5.74) is 1.97. The summed E-state index contributed by atoms with van der Waals surface area (Å²) in [7, 11) is 1.51. The SMILES string of the molecule is C/C=C/c1ccc(OCC(=O)OCC(=O)Nc2ccc(C(=O)N(CC)CC)cc2)c(OC)c1. The standard InChI is InChI=1S/C25H30N2O6/c1-5-8-18-9-14-21(22(15-18)31-4)32-17-24(29)33-16-23(28)26-20-12-10-19(11-13-20)25(30)27(6-2)7-3/h5,8-15H,6-7,16-17H2,1-4H3,(H,26,28)/b8-5+. The third kappa shape index (κ3) is 7.68. The number of carbonyl (C=O) groups excluding carboxylic acids is 3. The van der Waals surface area contributed by atoms with Gasteiger partial charge in [-0.2, -0.15) is 0 Å². The number of nitrogens with zero attached hydrogens (tertiary/aromatic N) is 1. The first-order valence-electron chi connectivity index (χ1n) is 10.7. The molecule has 0 spiro atoms. The molecular formula is C25H30N2O6. The van der Waals surface area contributed by atoms with Crippen molar-refractivity contribution < 1.29 is 28.6 Å². The van der Waals surface area contributed by atoms with Gasteiger partial charge < -0.3 is 24.4 Å². The van der Waals surface area contributed by atoms with Crippen molar-refractivity contribution in [2.45, 2.75) is 20.8 Å².